The van der Waals surface area contributed by atoms with Gasteiger partial charge in [-0.1, -0.05) is 24.3 Å². The molecule has 0 aromatic heterocycles. The van der Waals surface area contributed by atoms with E-state index in [4.69, 9.17) is 10.00 Å². The van der Waals surface area contributed by atoms with Crippen molar-refractivity contribution in [1.29, 1.82) is 5.26 Å². The van der Waals surface area contributed by atoms with E-state index in [1.54, 1.807) is 6.08 Å². The van der Waals surface area contributed by atoms with E-state index in [-0.39, 0.29) is 0 Å². The molecule has 0 saturated carbocycles. The Hall–Kier alpha value is -1.59. The van der Waals surface area contributed by atoms with Crippen LogP contribution >= 0.6 is 0 Å². The highest BCUT2D eigenvalue weighted by molar-refractivity contribution is 5.71. The van der Waals surface area contributed by atoms with Gasteiger partial charge in [-0.05, 0) is 16.7 Å². The highest BCUT2D eigenvalue weighted by Crippen LogP contribution is 2.24. The quantitative estimate of drug-likeness (QED) is 0.560. The van der Waals surface area contributed by atoms with Crippen LogP contribution < -0.4 is 0 Å². The van der Waals surface area contributed by atoms with E-state index in [1.165, 1.54) is 0 Å². The van der Waals surface area contributed by atoms with E-state index in [0.29, 0.717) is 13.2 Å². The lowest BCUT2D eigenvalue weighted by atomic mass is 9.98. The Bertz CT molecular complexity index is 387. The first-order valence-electron chi connectivity index (χ1n) is 4.16. The third-order valence-corrected chi connectivity index (χ3v) is 2.12. The first-order chi connectivity index (χ1) is 6.42. The summed E-state index contributed by atoms with van der Waals surface area (Å²) in [5, 5.41) is 8.56. The smallest absolute Gasteiger partial charge is 0.0916 e. The second kappa shape index (κ2) is 3.42. The predicted octanol–water partition coefficient (Wildman–Crippen LogP) is 2.12. The SMILES string of the molecule is N#C/C=C1/COCc2ccccc21. The summed E-state index contributed by atoms with van der Waals surface area (Å²) < 4.78 is 5.34. The summed E-state index contributed by atoms with van der Waals surface area (Å²) in [6, 6.07) is 10.1. The van der Waals surface area contributed by atoms with Gasteiger partial charge in [-0.2, -0.15) is 5.26 Å². The number of nitrogens with zero attached hydrogens (tertiary/aromatic N) is 1. The largest absolute Gasteiger partial charge is 0.372 e. The standard InChI is InChI=1S/C11H9NO/c12-6-5-10-8-13-7-9-3-1-2-4-11(9)10/h1-5H,7-8H2/b10-5-. The zero-order valence-electron chi connectivity index (χ0n) is 7.16. The van der Waals surface area contributed by atoms with Crippen molar-refractivity contribution in [1.82, 2.24) is 0 Å². The van der Waals surface area contributed by atoms with Crippen molar-refractivity contribution in [2.45, 2.75) is 6.61 Å². The maximum Gasteiger partial charge on any atom is 0.0916 e. The summed E-state index contributed by atoms with van der Waals surface area (Å²) in [4.78, 5) is 0. The van der Waals surface area contributed by atoms with Crippen molar-refractivity contribution in [2.75, 3.05) is 6.61 Å². The van der Waals surface area contributed by atoms with Gasteiger partial charge in [0.05, 0.1) is 19.3 Å². The van der Waals surface area contributed by atoms with Crippen LogP contribution in [0, 0.1) is 11.3 Å². The number of allylic oxidation sites excluding steroid dienone is 1. The van der Waals surface area contributed by atoms with Crippen molar-refractivity contribution >= 4 is 5.57 Å². The molecule has 64 valence electrons. The summed E-state index contributed by atoms with van der Waals surface area (Å²) in [6.45, 7) is 1.20. The van der Waals surface area contributed by atoms with Crippen LogP contribution in [-0.4, -0.2) is 6.61 Å². The molecule has 1 aliphatic rings. The molecular formula is C11H9NO. The summed E-state index contributed by atoms with van der Waals surface area (Å²) >= 11 is 0. The molecule has 0 bridgehead atoms. The first kappa shape index (κ1) is 8.03. The van der Waals surface area contributed by atoms with Gasteiger partial charge in [0.2, 0.25) is 0 Å². The van der Waals surface area contributed by atoms with Crippen LogP contribution in [0.1, 0.15) is 11.1 Å². The number of hydrogen-bond acceptors (Lipinski definition) is 2. The van der Waals surface area contributed by atoms with E-state index >= 15 is 0 Å². The predicted molar refractivity (Wildman–Crippen MR) is 49.7 cm³/mol. The average Bonchev–Trinajstić information content (AvgIpc) is 2.19. The molecular weight excluding hydrogens is 162 g/mol. The molecule has 2 rings (SSSR count). The molecule has 1 aromatic carbocycles. The van der Waals surface area contributed by atoms with Gasteiger partial charge in [0.25, 0.3) is 0 Å². The van der Waals surface area contributed by atoms with Gasteiger partial charge in [0.1, 0.15) is 0 Å². The molecule has 1 aromatic rings. The summed E-state index contributed by atoms with van der Waals surface area (Å²) in [7, 11) is 0. The fourth-order valence-corrected chi connectivity index (χ4v) is 1.51. The summed E-state index contributed by atoms with van der Waals surface area (Å²) in [5.74, 6) is 0. The van der Waals surface area contributed by atoms with E-state index in [2.05, 4.69) is 0 Å². The molecule has 0 fully saturated rings. The van der Waals surface area contributed by atoms with E-state index < -0.39 is 0 Å². The van der Waals surface area contributed by atoms with Gasteiger partial charge in [-0.15, -0.1) is 0 Å². The maximum atomic E-state index is 8.56. The lowest BCUT2D eigenvalue weighted by Gasteiger charge is -2.18. The second-order valence-corrected chi connectivity index (χ2v) is 2.95. The van der Waals surface area contributed by atoms with Gasteiger partial charge in [0.15, 0.2) is 0 Å². The Labute approximate surface area is 77.1 Å². The van der Waals surface area contributed by atoms with Gasteiger partial charge >= 0.3 is 0 Å². The Balaban J connectivity index is 2.50. The third kappa shape index (κ3) is 1.47. The highest BCUT2D eigenvalue weighted by Gasteiger charge is 2.12. The minimum atomic E-state index is 0.546. The molecule has 2 heteroatoms. The fraction of sp³-hybridized carbons (Fsp3) is 0.182. The molecule has 0 spiro atoms. The normalized spacial score (nSPS) is 17.9. The Kier molecular flexibility index (Phi) is 2.11. The Morgan fingerprint density at radius 1 is 1.31 bits per heavy atom. The van der Waals surface area contributed by atoms with Gasteiger partial charge in [-0.3, -0.25) is 0 Å². The molecule has 2 nitrogen and oxygen atoms in total. The van der Waals surface area contributed by atoms with Crippen molar-refractivity contribution in [3.8, 4) is 6.07 Å². The Morgan fingerprint density at radius 2 is 2.15 bits per heavy atom. The second-order valence-electron chi connectivity index (χ2n) is 2.95. The van der Waals surface area contributed by atoms with E-state index in [1.807, 2.05) is 30.3 Å². The molecule has 1 heterocycles. The van der Waals surface area contributed by atoms with Gasteiger partial charge in [-0.25, -0.2) is 0 Å². The van der Waals surface area contributed by atoms with Crippen molar-refractivity contribution in [2.24, 2.45) is 0 Å². The minimum absolute atomic E-state index is 0.546. The van der Waals surface area contributed by atoms with E-state index in [9.17, 15) is 0 Å². The topological polar surface area (TPSA) is 33.0 Å². The van der Waals surface area contributed by atoms with Crippen LogP contribution in [0.5, 0.6) is 0 Å². The van der Waals surface area contributed by atoms with Crippen LogP contribution in [-0.2, 0) is 11.3 Å². The lowest BCUT2D eigenvalue weighted by Crippen LogP contribution is -2.08. The van der Waals surface area contributed by atoms with Crippen molar-refractivity contribution in [3.63, 3.8) is 0 Å². The highest BCUT2D eigenvalue weighted by atomic mass is 16.5. The maximum absolute atomic E-state index is 8.56. The molecule has 0 amide bonds. The van der Waals surface area contributed by atoms with Crippen LogP contribution in [0.15, 0.2) is 30.3 Å². The lowest BCUT2D eigenvalue weighted by molar-refractivity contribution is 0.146. The number of ether oxygens (including phenoxy) is 1. The molecule has 1 aliphatic heterocycles. The summed E-state index contributed by atoms with van der Waals surface area (Å²) in [5.41, 5.74) is 3.29. The minimum Gasteiger partial charge on any atom is -0.372 e. The Morgan fingerprint density at radius 3 is 3.00 bits per heavy atom. The van der Waals surface area contributed by atoms with E-state index in [0.717, 1.165) is 16.7 Å². The van der Waals surface area contributed by atoms with Crippen molar-refractivity contribution in [3.05, 3.63) is 41.5 Å². The number of nitriles is 1. The summed E-state index contributed by atoms with van der Waals surface area (Å²) in [6.07, 6.45) is 1.55. The number of fused-ring (bicyclic) bond motifs is 1. The van der Waals surface area contributed by atoms with Crippen LogP contribution in [0.25, 0.3) is 5.57 Å². The zero-order valence-corrected chi connectivity index (χ0v) is 7.16. The fourth-order valence-electron chi connectivity index (χ4n) is 1.51. The number of benzene rings is 1. The third-order valence-electron chi connectivity index (χ3n) is 2.12. The number of rotatable bonds is 0. The molecule has 0 N–H and O–H groups in total. The van der Waals surface area contributed by atoms with Gasteiger partial charge < -0.3 is 4.74 Å². The molecule has 0 aliphatic carbocycles. The zero-order chi connectivity index (χ0) is 9.10. The molecule has 0 atom stereocenters. The average molecular weight is 171 g/mol. The van der Waals surface area contributed by atoms with Gasteiger partial charge in [0, 0.05) is 6.08 Å². The van der Waals surface area contributed by atoms with Crippen LogP contribution in [0.4, 0.5) is 0 Å². The molecule has 0 unspecified atom stereocenters. The molecule has 0 radical (unpaired) electrons. The monoisotopic (exact) mass is 171 g/mol. The number of hydrogen-bond donors (Lipinski definition) is 0. The molecule has 13 heavy (non-hydrogen) atoms. The first-order valence-corrected chi connectivity index (χ1v) is 4.16. The van der Waals surface area contributed by atoms with Crippen molar-refractivity contribution < 1.29 is 4.74 Å². The molecule has 0 saturated heterocycles. The van der Waals surface area contributed by atoms with Crippen LogP contribution in [0.3, 0.4) is 0 Å². The van der Waals surface area contributed by atoms with Crippen LogP contribution in [0.2, 0.25) is 0 Å².